The number of benzene rings is 1. The first-order chi connectivity index (χ1) is 17.0. The molecular weight excluding hydrogens is 458 g/mol. The van der Waals surface area contributed by atoms with Gasteiger partial charge in [0, 0.05) is 18.7 Å². The third-order valence-electron chi connectivity index (χ3n) is 5.76. The summed E-state index contributed by atoms with van der Waals surface area (Å²) in [6.07, 6.45) is 6.99. The fourth-order valence-electron chi connectivity index (χ4n) is 3.90. The Morgan fingerprint density at radius 3 is 2.19 bits per heavy atom. The van der Waals surface area contributed by atoms with Gasteiger partial charge in [0.15, 0.2) is 0 Å². The molecule has 8 heteroatoms. The molecule has 36 heavy (non-hydrogen) atoms. The highest BCUT2D eigenvalue weighted by molar-refractivity contribution is 5.92. The fraction of sp³-hybridized carbons (Fsp3) is 0.679. The van der Waals surface area contributed by atoms with Gasteiger partial charge >= 0.3 is 6.09 Å². The van der Waals surface area contributed by atoms with Gasteiger partial charge in [-0.25, -0.2) is 4.79 Å². The maximum absolute atomic E-state index is 13.7. The van der Waals surface area contributed by atoms with Crippen LogP contribution in [0.3, 0.4) is 0 Å². The molecule has 0 fully saturated rings. The molecular formula is C28H47N3O5. The molecule has 2 atom stereocenters. The molecule has 0 saturated heterocycles. The van der Waals surface area contributed by atoms with Crippen LogP contribution >= 0.6 is 0 Å². The fourth-order valence-corrected chi connectivity index (χ4v) is 3.90. The van der Waals surface area contributed by atoms with Crippen molar-refractivity contribution in [3.8, 4) is 5.75 Å². The first-order valence-electron chi connectivity index (χ1n) is 13.4. The molecule has 0 saturated carbocycles. The topological polar surface area (TPSA) is 108 Å². The lowest BCUT2D eigenvalue weighted by Crippen LogP contribution is -2.52. The molecule has 0 bridgehead atoms. The molecule has 1 rings (SSSR count). The molecule has 0 aromatic heterocycles. The van der Waals surface area contributed by atoms with Crippen molar-refractivity contribution in [2.45, 2.75) is 111 Å². The zero-order valence-corrected chi connectivity index (χ0v) is 23.1. The van der Waals surface area contributed by atoms with Crippen LogP contribution in [0.4, 0.5) is 4.79 Å². The van der Waals surface area contributed by atoms with E-state index in [9.17, 15) is 19.5 Å². The third kappa shape index (κ3) is 11.3. The molecule has 1 aromatic rings. The second kappa shape index (κ2) is 16.1. The maximum atomic E-state index is 13.7. The van der Waals surface area contributed by atoms with Crippen LogP contribution < -0.4 is 10.6 Å². The lowest BCUT2D eigenvalue weighted by Gasteiger charge is -2.34. The van der Waals surface area contributed by atoms with E-state index in [0.29, 0.717) is 25.1 Å². The highest BCUT2D eigenvalue weighted by Crippen LogP contribution is 2.30. The lowest BCUT2D eigenvalue weighted by molar-refractivity contribution is -0.142. The quantitative estimate of drug-likeness (QED) is 0.275. The van der Waals surface area contributed by atoms with Crippen LogP contribution in [0, 0.1) is 0 Å². The Bertz CT molecular complexity index is 822. The molecule has 0 aliphatic heterocycles. The van der Waals surface area contributed by atoms with E-state index in [1.165, 1.54) is 11.0 Å². The highest BCUT2D eigenvalue weighted by Gasteiger charge is 2.35. The van der Waals surface area contributed by atoms with Gasteiger partial charge < -0.3 is 25.4 Å². The number of alkyl carbamates (subject to hydrolysis) is 1. The van der Waals surface area contributed by atoms with E-state index in [4.69, 9.17) is 4.74 Å². The largest absolute Gasteiger partial charge is 0.508 e. The zero-order chi connectivity index (χ0) is 27.1. The Hall–Kier alpha value is -2.77. The molecule has 0 aliphatic carbocycles. The van der Waals surface area contributed by atoms with E-state index in [-0.39, 0.29) is 11.7 Å². The van der Waals surface area contributed by atoms with Crippen LogP contribution in [-0.4, -0.2) is 52.6 Å². The van der Waals surface area contributed by atoms with E-state index in [1.807, 2.05) is 0 Å². The number of hydrogen-bond donors (Lipinski definition) is 3. The van der Waals surface area contributed by atoms with Gasteiger partial charge in [-0.05, 0) is 46.6 Å². The normalized spacial score (nSPS) is 12.9. The van der Waals surface area contributed by atoms with Crippen LogP contribution in [0.25, 0.3) is 0 Å². The number of phenolic OH excluding ortho intramolecular Hbond substituents is 1. The molecule has 3 N–H and O–H groups in total. The summed E-state index contributed by atoms with van der Waals surface area (Å²) >= 11 is 0. The van der Waals surface area contributed by atoms with Gasteiger partial charge in [0.05, 0.1) is 0 Å². The number of carbonyl (C=O) groups is 3. The molecule has 1 aromatic carbocycles. The minimum absolute atomic E-state index is 0.0530. The number of nitrogens with one attached hydrogen (secondary N) is 2. The van der Waals surface area contributed by atoms with Gasteiger partial charge in [-0.1, -0.05) is 70.6 Å². The minimum atomic E-state index is -1.02. The van der Waals surface area contributed by atoms with Crippen molar-refractivity contribution in [2.75, 3.05) is 13.1 Å². The maximum Gasteiger partial charge on any atom is 0.408 e. The highest BCUT2D eigenvalue weighted by atomic mass is 16.6. The van der Waals surface area contributed by atoms with Crippen LogP contribution in [0.5, 0.6) is 5.75 Å². The summed E-state index contributed by atoms with van der Waals surface area (Å²) < 4.78 is 5.31. The average Bonchev–Trinajstić information content (AvgIpc) is 2.80. The van der Waals surface area contributed by atoms with E-state index in [2.05, 4.69) is 24.5 Å². The Morgan fingerprint density at radius 2 is 1.58 bits per heavy atom. The number of nitrogens with zero attached hydrogens (tertiary/aromatic N) is 1. The van der Waals surface area contributed by atoms with Crippen LogP contribution in [0.15, 0.2) is 24.3 Å². The number of para-hydroxylation sites is 1. The number of rotatable bonds is 15. The Kier molecular flexibility index (Phi) is 14.0. The number of unbranched alkanes of at least 4 members (excludes halogenated alkanes) is 6. The predicted octanol–water partition coefficient (Wildman–Crippen LogP) is 5.45. The Balaban J connectivity index is 3.24. The van der Waals surface area contributed by atoms with E-state index in [0.717, 1.165) is 44.9 Å². The first kappa shape index (κ1) is 31.3. The lowest BCUT2D eigenvalue weighted by atomic mass is 10.0. The van der Waals surface area contributed by atoms with Crippen molar-refractivity contribution in [3.63, 3.8) is 0 Å². The van der Waals surface area contributed by atoms with Crippen LogP contribution in [-0.2, 0) is 14.3 Å². The minimum Gasteiger partial charge on any atom is -0.508 e. The molecule has 8 nitrogen and oxygen atoms in total. The first-order valence-corrected chi connectivity index (χ1v) is 13.4. The summed E-state index contributed by atoms with van der Waals surface area (Å²) in [6.45, 7) is 11.9. The number of ether oxygens (including phenoxy) is 1. The molecule has 0 heterocycles. The average molecular weight is 506 g/mol. The summed E-state index contributed by atoms with van der Waals surface area (Å²) in [6, 6.07) is 4.65. The number of carbonyl (C=O) groups excluding carboxylic acids is 3. The smallest absolute Gasteiger partial charge is 0.408 e. The summed E-state index contributed by atoms with van der Waals surface area (Å²) in [5, 5.41) is 16.2. The zero-order valence-electron chi connectivity index (χ0n) is 23.1. The standard InChI is InChI=1S/C28H47N3O5/c1-7-9-11-12-16-20-31(26(34)21(3)30-27(35)36-28(4,5)6)24(22-17-13-14-18-23(22)32)25(33)29-19-15-10-8-2/h13-14,17-18,21,24,32H,7-12,15-16,19-20H2,1-6H3,(H,29,33)(H,30,35). The van der Waals surface area contributed by atoms with E-state index < -0.39 is 29.7 Å². The van der Waals surface area contributed by atoms with E-state index >= 15 is 0 Å². The predicted molar refractivity (Wildman–Crippen MR) is 143 cm³/mol. The molecule has 204 valence electrons. The van der Waals surface area contributed by atoms with Crippen molar-refractivity contribution >= 4 is 17.9 Å². The molecule has 2 unspecified atom stereocenters. The molecule has 0 aliphatic rings. The van der Waals surface area contributed by atoms with Crippen molar-refractivity contribution in [1.29, 1.82) is 0 Å². The van der Waals surface area contributed by atoms with Gasteiger partial charge in [-0.2, -0.15) is 0 Å². The van der Waals surface area contributed by atoms with Crippen LogP contribution in [0.1, 0.15) is 105 Å². The van der Waals surface area contributed by atoms with Gasteiger partial charge in [0.2, 0.25) is 11.8 Å². The SMILES string of the molecule is CCCCCCCN(C(=O)C(C)NC(=O)OC(C)(C)C)C(C(=O)NCCCCC)c1ccccc1O. The van der Waals surface area contributed by atoms with Crippen molar-refractivity contribution in [2.24, 2.45) is 0 Å². The second-order valence-corrected chi connectivity index (χ2v) is 10.3. The molecule has 0 spiro atoms. The number of hydrogen-bond acceptors (Lipinski definition) is 5. The van der Waals surface area contributed by atoms with Gasteiger partial charge in [-0.3, -0.25) is 9.59 Å². The van der Waals surface area contributed by atoms with Crippen LogP contribution in [0.2, 0.25) is 0 Å². The summed E-state index contributed by atoms with van der Waals surface area (Å²) in [7, 11) is 0. The summed E-state index contributed by atoms with van der Waals surface area (Å²) in [4.78, 5) is 40.9. The number of phenols is 1. The number of amides is 3. The van der Waals surface area contributed by atoms with E-state index in [1.54, 1.807) is 45.9 Å². The van der Waals surface area contributed by atoms with Crippen molar-refractivity contribution in [1.82, 2.24) is 15.5 Å². The van der Waals surface area contributed by atoms with Crippen molar-refractivity contribution < 1.29 is 24.2 Å². The molecule has 0 radical (unpaired) electrons. The Labute approximate surface area is 217 Å². The third-order valence-corrected chi connectivity index (χ3v) is 5.76. The van der Waals surface area contributed by atoms with Gasteiger partial charge in [0.25, 0.3) is 0 Å². The summed E-state index contributed by atoms with van der Waals surface area (Å²) in [5.41, 5.74) is -0.348. The molecule has 3 amide bonds. The van der Waals surface area contributed by atoms with Gasteiger partial charge in [0.1, 0.15) is 23.4 Å². The number of aromatic hydroxyl groups is 1. The summed E-state index contributed by atoms with van der Waals surface area (Å²) in [5.74, 6) is -0.810. The Morgan fingerprint density at radius 1 is 0.972 bits per heavy atom. The van der Waals surface area contributed by atoms with Gasteiger partial charge in [-0.15, -0.1) is 0 Å². The second-order valence-electron chi connectivity index (χ2n) is 10.3. The monoisotopic (exact) mass is 505 g/mol. The van der Waals surface area contributed by atoms with Crippen molar-refractivity contribution in [3.05, 3.63) is 29.8 Å².